The third kappa shape index (κ3) is 2.10. The second-order valence-corrected chi connectivity index (χ2v) is 3.30. The van der Waals surface area contributed by atoms with Gasteiger partial charge in [0.05, 0.1) is 5.56 Å². The molecule has 6 heteroatoms. The zero-order valence-corrected chi connectivity index (χ0v) is 9.52. The van der Waals surface area contributed by atoms with E-state index in [1.54, 1.807) is 7.05 Å². The molecule has 88 valence electrons. The standard InChI is InChI=1S/C11H12N4O2/c1-12-8-6-4-3-5-7(8)11-14-9(15-17-11)10(16)13-2/h3-6,12H,1-2H3,(H,13,16). The van der Waals surface area contributed by atoms with Crippen molar-refractivity contribution < 1.29 is 9.32 Å². The summed E-state index contributed by atoms with van der Waals surface area (Å²) in [4.78, 5) is 15.3. The fourth-order valence-corrected chi connectivity index (χ4v) is 1.42. The van der Waals surface area contributed by atoms with Crippen LogP contribution < -0.4 is 10.6 Å². The molecule has 0 unspecified atom stereocenters. The van der Waals surface area contributed by atoms with E-state index >= 15 is 0 Å². The maximum absolute atomic E-state index is 11.3. The van der Waals surface area contributed by atoms with Crippen LogP contribution in [0.3, 0.4) is 0 Å². The second-order valence-electron chi connectivity index (χ2n) is 3.30. The lowest BCUT2D eigenvalue weighted by Crippen LogP contribution is -2.19. The van der Waals surface area contributed by atoms with E-state index in [4.69, 9.17) is 4.52 Å². The average Bonchev–Trinajstić information content (AvgIpc) is 2.87. The molecule has 1 aromatic carbocycles. The number of nitrogens with zero attached hydrogens (tertiary/aromatic N) is 2. The Kier molecular flexibility index (Phi) is 3.04. The molecule has 0 spiro atoms. The lowest BCUT2D eigenvalue weighted by Gasteiger charge is -2.03. The smallest absolute Gasteiger partial charge is 0.292 e. The van der Waals surface area contributed by atoms with Crippen LogP contribution in [0.2, 0.25) is 0 Å². The number of aromatic nitrogens is 2. The van der Waals surface area contributed by atoms with Gasteiger partial charge in [-0.3, -0.25) is 4.79 Å². The summed E-state index contributed by atoms with van der Waals surface area (Å²) in [6, 6.07) is 7.48. The molecule has 0 atom stereocenters. The van der Waals surface area contributed by atoms with Crippen molar-refractivity contribution in [2.45, 2.75) is 0 Å². The van der Waals surface area contributed by atoms with Crippen LogP contribution in [0.5, 0.6) is 0 Å². The number of rotatable bonds is 3. The molecule has 2 N–H and O–H groups in total. The number of hydrogen-bond acceptors (Lipinski definition) is 5. The fraction of sp³-hybridized carbons (Fsp3) is 0.182. The van der Waals surface area contributed by atoms with E-state index < -0.39 is 0 Å². The number of carbonyl (C=O) groups is 1. The Morgan fingerprint density at radius 3 is 2.76 bits per heavy atom. The zero-order valence-electron chi connectivity index (χ0n) is 9.52. The van der Waals surface area contributed by atoms with Crippen molar-refractivity contribution in [1.82, 2.24) is 15.5 Å². The van der Waals surface area contributed by atoms with Gasteiger partial charge in [-0.1, -0.05) is 17.3 Å². The lowest BCUT2D eigenvalue weighted by molar-refractivity contribution is 0.0950. The summed E-state index contributed by atoms with van der Waals surface area (Å²) >= 11 is 0. The molecule has 0 aliphatic heterocycles. The average molecular weight is 232 g/mol. The highest BCUT2D eigenvalue weighted by Crippen LogP contribution is 2.25. The van der Waals surface area contributed by atoms with Crippen LogP contribution in [-0.2, 0) is 0 Å². The lowest BCUT2D eigenvalue weighted by atomic mass is 10.2. The number of carbonyl (C=O) groups excluding carboxylic acids is 1. The van der Waals surface area contributed by atoms with Gasteiger partial charge in [0.1, 0.15) is 0 Å². The molecule has 2 aromatic rings. The first kappa shape index (κ1) is 11.1. The monoisotopic (exact) mass is 232 g/mol. The molecule has 0 aliphatic carbocycles. The minimum atomic E-state index is -0.373. The molecule has 17 heavy (non-hydrogen) atoms. The minimum Gasteiger partial charge on any atom is -0.387 e. The summed E-state index contributed by atoms with van der Waals surface area (Å²) in [6.07, 6.45) is 0. The van der Waals surface area contributed by atoms with Gasteiger partial charge in [-0.05, 0) is 12.1 Å². The number of anilines is 1. The van der Waals surface area contributed by atoms with E-state index in [0.29, 0.717) is 5.89 Å². The number of nitrogens with one attached hydrogen (secondary N) is 2. The zero-order chi connectivity index (χ0) is 12.3. The molecule has 1 heterocycles. The van der Waals surface area contributed by atoms with Crippen molar-refractivity contribution in [2.75, 3.05) is 19.4 Å². The number of hydrogen-bond donors (Lipinski definition) is 2. The Labute approximate surface area is 98.0 Å². The summed E-state index contributed by atoms with van der Waals surface area (Å²) < 4.78 is 5.05. The van der Waals surface area contributed by atoms with Crippen molar-refractivity contribution in [2.24, 2.45) is 0 Å². The Hall–Kier alpha value is -2.37. The summed E-state index contributed by atoms with van der Waals surface area (Å²) in [7, 11) is 3.31. The molecular formula is C11H12N4O2. The normalized spacial score (nSPS) is 10.0. The van der Waals surface area contributed by atoms with Crippen LogP contribution in [0, 0.1) is 0 Å². The summed E-state index contributed by atoms with van der Waals surface area (Å²) in [6.45, 7) is 0. The highest BCUT2D eigenvalue weighted by Gasteiger charge is 2.15. The Bertz CT molecular complexity index is 536. The number of amides is 1. The van der Waals surface area contributed by atoms with Crippen LogP contribution in [0.15, 0.2) is 28.8 Å². The van der Waals surface area contributed by atoms with E-state index in [-0.39, 0.29) is 11.7 Å². The highest BCUT2D eigenvalue weighted by molar-refractivity contribution is 5.90. The van der Waals surface area contributed by atoms with Crippen molar-refractivity contribution in [3.8, 4) is 11.5 Å². The van der Waals surface area contributed by atoms with Crippen LogP contribution in [0.4, 0.5) is 5.69 Å². The summed E-state index contributed by atoms with van der Waals surface area (Å²) in [5, 5.41) is 9.07. The largest absolute Gasteiger partial charge is 0.387 e. The fourth-order valence-electron chi connectivity index (χ4n) is 1.42. The van der Waals surface area contributed by atoms with Gasteiger partial charge in [0.15, 0.2) is 0 Å². The topological polar surface area (TPSA) is 80.0 Å². The van der Waals surface area contributed by atoms with E-state index in [2.05, 4.69) is 20.8 Å². The SMILES string of the molecule is CNC(=O)c1noc(-c2ccccc2NC)n1. The van der Waals surface area contributed by atoms with Gasteiger partial charge in [-0.25, -0.2) is 0 Å². The molecule has 6 nitrogen and oxygen atoms in total. The van der Waals surface area contributed by atoms with Gasteiger partial charge < -0.3 is 15.2 Å². The molecule has 1 aromatic heterocycles. The maximum Gasteiger partial charge on any atom is 0.292 e. The third-order valence-electron chi connectivity index (χ3n) is 2.28. The van der Waals surface area contributed by atoms with Crippen molar-refractivity contribution in [3.05, 3.63) is 30.1 Å². The van der Waals surface area contributed by atoms with Crippen molar-refractivity contribution in [3.63, 3.8) is 0 Å². The van der Waals surface area contributed by atoms with Gasteiger partial charge in [-0.2, -0.15) is 4.98 Å². The van der Waals surface area contributed by atoms with Crippen LogP contribution in [0.1, 0.15) is 10.6 Å². The predicted molar refractivity (Wildman–Crippen MR) is 62.7 cm³/mol. The minimum absolute atomic E-state index is 0.0217. The van der Waals surface area contributed by atoms with Crippen LogP contribution >= 0.6 is 0 Å². The summed E-state index contributed by atoms with van der Waals surface area (Å²) in [5.74, 6) is -0.0381. The summed E-state index contributed by atoms with van der Waals surface area (Å²) in [5.41, 5.74) is 1.62. The van der Waals surface area contributed by atoms with Gasteiger partial charge in [0.25, 0.3) is 17.6 Å². The van der Waals surface area contributed by atoms with Crippen LogP contribution in [-0.4, -0.2) is 30.1 Å². The molecule has 0 radical (unpaired) electrons. The molecule has 0 saturated heterocycles. The number of benzene rings is 1. The van der Waals surface area contributed by atoms with E-state index in [9.17, 15) is 4.79 Å². The Morgan fingerprint density at radius 2 is 2.06 bits per heavy atom. The van der Waals surface area contributed by atoms with Crippen molar-refractivity contribution in [1.29, 1.82) is 0 Å². The molecule has 0 saturated carbocycles. The van der Waals surface area contributed by atoms with Gasteiger partial charge in [0.2, 0.25) is 0 Å². The first-order chi connectivity index (χ1) is 8.26. The van der Waals surface area contributed by atoms with E-state index in [1.165, 1.54) is 7.05 Å². The molecule has 0 bridgehead atoms. The van der Waals surface area contributed by atoms with Gasteiger partial charge in [0, 0.05) is 19.8 Å². The van der Waals surface area contributed by atoms with Gasteiger partial charge in [-0.15, -0.1) is 0 Å². The van der Waals surface area contributed by atoms with Crippen LogP contribution in [0.25, 0.3) is 11.5 Å². The molecule has 0 aliphatic rings. The molecule has 0 fully saturated rings. The second kappa shape index (κ2) is 4.65. The Morgan fingerprint density at radius 1 is 1.29 bits per heavy atom. The molecule has 2 rings (SSSR count). The first-order valence-electron chi connectivity index (χ1n) is 5.09. The molecule has 1 amide bonds. The molecular weight excluding hydrogens is 220 g/mol. The quantitative estimate of drug-likeness (QED) is 0.829. The number of para-hydroxylation sites is 1. The highest BCUT2D eigenvalue weighted by atomic mass is 16.5. The van der Waals surface area contributed by atoms with Gasteiger partial charge >= 0.3 is 0 Å². The van der Waals surface area contributed by atoms with E-state index in [1.807, 2.05) is 24.3 Å². The third-order valence-corrected chi connectivity index (χ3v) is 2.28. The van der Waals surface area contributed by atoms with E-state index in [0.717, 1.165) is 11.3 Å². The predicted octanol–water partition coefficient (Wildman–Crippen LogP) is 1.14. The maximum atomic E-state index is 11.3. The first-order valence-corrected chi connectivity index (χ1v) is 5.09. The Balaban J connectivity index is 2.40. The van der Waals surface area contributed by atoms with Crippen molar-refractivity contribution >= 4 is 11.6 Å².